The Labute approximate surface area is 164 Å². The van der Waals surface area contributed by atoms with Crippen LogP contribution in [0.15, 0.2) is 53.0 Å². The number of aryl methyl sites for hydroxylation is 2. The van der Waals surface area contributed by atoms with Gasteiger partial charge in [-0.05, 0) is 43.2 Å². The quantitative estimate of drug-likeness (QED) is 0.693. The van der Waals surface area contributed by atoms with E-state index in [9.17, 15) is 4.79 Å². The number of carbonyl (C=O) groups is 1. The standard InChI is InChI=1S/C22H25BrN2O/c1-17-13-18(2)15-20(14-17)16-24-9-11-25(12-10-24)22(26)8-5-19-3-6-21(23)7-4-19/h3-8,13-15H,9-12,16H2,1-2H3. The first-order valence-corrected chi connectivity index (χ1v) is 9.81. The summed E-state index contributed by atoms with van der Waals surface area (Å²) in [5.41, 5.74) is 5.02. The summed E-state index contributed by atoms with van der Waals surface area (Å²) in [4.78, 5) is 16.8. The molecule has 0 saturated carbocycles. The topological polar surface area (TPSA) is 23.6 Å². The van der Waals surface area contributed by atoms with Gasteiger partial charge in [0, 0.05) is 43.3 Å². The van der Waals surface area contributed by atoms with E-state index in [1.807, 2.05) is 35.2 Å². The van der Waals surface area contributed by atoms with Crippen LogP contribution in [0.25, 0.3) is 6.08 Å². The summed E-state index contributed by atoms with van der Waals surface area (Å²) in [6.45, 7) is 8.66. The molecule has 1 saturated heterocycles. The van der Waals surface area contributed by atoms with Crippen LogP contribution >= 0.6 is 15.9 Å². The maximum Gasteiger partial charge on any atom is 0.246 e. The molecule has 2 aromatic rings. The van der Waals surface area contributed by atoms with E-state index in [0.717, 1.165) is 42.8 Å². The molecule has 3 rings (SSSR count). The highest BCUT2D eigenvalue weighted by Gasteiger charge is 2.19. The summed E-state index contributed by atoms with van der Waals surface area (Å²) in [6, 6.07) is 14.7. The molecule has 1 amide bonds. The lowest BCUT2D eigenvalue weighted by molar-refractivity contribution is -0.127. The highest BCUT2D eigenvalue weighted by molar-refractivity contribution is 9.10. The second-order valence-electron chi connectivity index (χ2n) is 6.98. The summed E-state index contributed by atoms with van der Waals surface area (Å²) >= 11 is 3.42. The zero-order valence-corrected chi connectivity index (χ0v) is 17.0. The number of halogens is 1. The number of hydrogen-bond donors (Lipinski definition) is 0. The van der Waals surface area contributed by atoms with Crippen LogP contribution in [0.3, 0.4) is 0 Å². The minimum Gasteiger partial charge on any atom is -0.337 e. The highest BCUT2D eigenvalue weighted by Crippen LogP contribution is 2.14. The third kappa shape index (κ3) is 5.29. The van der Waals surface area contributed by atoms with Gasteiger partial charge >= 0.3 is 0 Å². The first kappa shape index (κ1) is 18.9. The van der Waals surface area contributed by atoms with Crippen LogP contribution in [0.1, 0.15) is 22.3 Å². The molecule has 0 N–H and O–H groups in total. The van der Waals surface area contributed by atoms with Crippen LogP contribution in [0.2, 0.25) is 0 Å². The SMILES string of the molecule is Cc1cc(C)cc(CN2CCN(C(=O)C=Cc3ccc(Br)cc3)CC2)c1. The largest absolute Gasteiger partial charge is 0.337 e. The highest BCUT2D eigenvalue weighted by atomic mass is 79.9. The van der Waals surface area contributed by atoms with Crippen molar-refractivity contribution >= 4 is 27.9 Å². The number of nitrogens with zero attached hydrogens (tertiary/aromatic N) is 2. The molecule has 4 heteroatoms. The third-order valence-corrected chi connectivity index (χ3v) is 5.19. The zero-order chi connectivity index (χ0) is 18.5. The summed E-state index contributed by atoms with van der Waals surface area (Å²) in [5.74, 6) is 0.0963. The van der Waals surface area contributed by atoms with E-state index >= 15 is 0 Å². The van der Waals surface area contributed by atoms with Crippen molar-refractivity contribution in [1.82, 2.24) is 9.80 Å². The Hall–Kier alpha value is -1.91. The van der Waals surface area contributed by atoms with Gasteiger partial charge in [0.25, 0.3) is 0 Å². The van der Waals surface area contributed by atoms with Gasteiger partial charge in [-0.3, -0.25) is 9.69 Å². The Morgan fingerprint density at radius 3 is 2.23 bits per heavy atom. The Kier molecular flexibility index (Phi) is 6.28. The molecule has 0 radical (unpaired) electrons. The van der Waals surface area contributed by atoms with Crippen molar-refractivity contribution in [2.75, 3.05) is 26.2 Å². The number of carbonyl (C=O) groups excluding carboxylic acids is 1. The van der Waals surface area contributed by atoms with E-state index in [0.29, 0.717) is 0 Å². The number of hydrogen-bond acceptors (Lipinski definition) is 2. The van der Waals surface area contributed by atoms with Crippen molar-refractivity contribution < 1.29 is 4.79 Å². The lowest BCUT2D eigenvalue weighted by atomic mass is 10.1. The summed E-state index contributed by atoms with van der Waals surface area (Å²) in [7, 11) is 0. The van der Waals surface area contributed by atoms with E-state index in [1.165, 1.54) is 16.7 Å². The Bertz CT molecular complexity index is 770. The molecule has 0 spiro atoms. The Morgan fingerprint density at radius 2 is 1.62 bits per heavy atom. The maximum absolute atomic E-state index is 12.4. The van der Waals surface area contributed by atoms with Gasteiger partial charge < -0.3 is 4.90 Å². The number of benzene rings is 2. The fourth-order valence-electron chi connectivity index (χ4n) is 3.39. The van der Waals surface area contributed by atoms with Crippen LogP contribution in [-0.2, 0) is 11.3 Å². The minimum atomic E-state index is 0.0963. The molecule has 1 fully saturated rings. The molecule has 0 aromatic heterocycles. The molecule has 26 heavy (non-hydrogen) atoms. The van der Waals surface area contributed by atoms with E-state index in [2.05, 4.69) is 52.9 Å². The third-order valence-electron chi connectivity index (χ3n) is 4.66. The Balaban J connectivity index is 1.51. The molecular weight excluding hydrogens is 388 g/mol. The Morgan fingerprint density at radius 1 is 1.00 bits per heavy atom. The van der Waals surface area contributed by atoms with Crippen molar-refractivity contribution in [3.05, 3.63) is 75.3 Å². The molecule has 3 nitrogen and oxygen atoms in total. The molecule has 0 bridgehead atoms. The fraction of sp³-hybridized carbons (Fsp3) is 0.318. The molecule has 1 aliphatic rings. The fourth-order valence-corrected chi connectivity index (χ4v) is 3.66. The van der Waals surface area contributed by atoms with Crippen LogP contribution < -0.4 is 0 Å². The molecule has 0 aliphatic carbocycles. The monoisotopic (exact) mass is 412 g/mol. The lowest BCUT2D eigenvalue weighted by Gasteiger charge is -2.34. The smallest absolute Gasteiger partial charge is 0.246 e. The first-order chi connectivity index (χ1) is 12.5. The van der Waals surface area contributed by atoms with Crippen molar-refractivity contribution in [2.24, 2.45) is 0 Å². The normalized spacial score (nSPS) is 15.6. The van der Waals surface area contributed by atoms with Crippen LogP contribution in [-0.4, -0.2) is 41.9 Å². The van der Waals surface area contributed by atoms with Gasteiger partial charge in [-0.2, -0.15) is 0 Å². The van der Waals surface area contributed by atoms with Gasteiger partial charge in [-0.1, -0.05) is 57.4 Å². The summed E-state index contributed by atoms with van der Waals surface area (Å²) < 4.78 is 1.04. The van der Waals surface area contributed by atoms with E-state index < -0.39 is 0 Å². The van der Waals surface area contributed by atoms with Gasteiger partial charge in [0.05, 0.1) is 0 Å². The van der Waals surface area contributed by atoms with Gasteiger partial charge in [-0.15, -0.1) is 0 Å². The predicted molar refractivity (Wildman–Crippen MR) is 111 cm³/mol. The van der Waals surface area contributed by atoms with Gasteiger partial charge in [0.15, 0.2) is 0 Å². The minimum absolute atomic E-state index is 0.0963. The van der Waals surface area contributed by atoms with Crippen molar-refractivity contribution in [3.8, 4) is 0 Å². The number of amides is 1. The zero-order valence-electron chi connectivity index (χ0n) is 15.4. The number of rotatable bonds is 4. The average molecular weight is 413 g/mol. The van der Waals surface area contributed by atoms with Gasteiger partial charge in [0.2, 0.25) is 5.91 Å². The van der Waals surface area contributed by atoms with Crippen molar-refractivity contribution in [2.45, 2.75) is 20.4 Å². The molecule has 0 unspecified atom stereocenters. The summed E-state index contributed by atoms with van der Waals surface area (Å²) in [6.07, 6.45) is 3.57. The average Bonchev–Trinajstić information content (AvgIpc) is 2.61. The molecule has 0 atom stereocenters. The van der Waals surface area contributed by atoms with E-state index in [4.69, 9.17) is 0 Å². The first-order valence-electron chi connectivity index (χ1n) is 9.02. The van der Waals surface area contributed by atoms with Gasteiger partial charge in [0.1, 0.15) is 0 Å². The van der Waals surface area contributed by atoms with Crippen LogP contribution in [0, 0.1) is 13.8 Å². The van der Waals surface area contributed by atoms with E-state index in [1.54, 1.807) is 6.08 Å². The van der Waals surface area contributed by atoms with Gasteiger partial charge in [-0.25, -0.2) is 0 Å². The summed E-state index contributed by atoms with van der Waals surface area (Å²) in [5, 5.41) is 0. The van der Waals surface area contributed by atoms with Crippen LogP contribution in [0.5, 0.6) is 0 Å². The molecular formula is C22H25BrN2O. The number of piperazine rings is 1. The van der Waals surface area contributed by atoms with Crippen molar-refractivity contribution in [3.63, 3.8) is 0 Å². The maximum atomic E-state index is 12.4. The molecule has 2 aromatic carbocycles. The lowest BCUT2D eigenvalue weighted by Crippen LogP contribution is -2.47. The molecule has 136 valence electrons. The molecule has 1 aliphatic heterocycles. The molecule has 1 heterocycles. The second-order valence-corrected chi connectivity index (χ2v) is 7.90. The second kappa shape index (κ2) is 8.65. The predicted octanol–water partition coefficient (Wildman–Crippen LogP) is 4.42. The van der Waals surface area contributed by atoms with Crippen LogP contribution in [0.4, 0.5) is 0 Å². The van der Waals surface area contributed by atoms with Crippen molar-refractivity contribution in [1.29, 1.82) is 0 Å². The van der Waals surface area contributed by atoms with E-state index in [-0.39, 0.29) is 5.91 Å².